The first-order valence-corrected chi connectivity index (χ1v) is 3.89. The van der Waals surface area contributed by atoms with Gasteiger partial charge < -0.3 is 4.42 Å². The van der Waals surface area contributed by atoms with Crippen LogP contribution in [0, 0.1) is 0 Å². The van der Waals surface area contributed by atoms with E-state index in [1.54, 1.807) is 12.1 Å². The van der Waals surface area contributed by atoms with Crippen LogP contribution in [0.1, 0.15) is 18.7 Å². The summed E-state index contributed by atoms with van der Waals surface area (Å²) >= 11 is 5.60. The van der Waals surface area contributed by atoms with Crippen LogP contribution >= 0.6 is 11.6 Å². The number of hydrazine groups is 1. The Balaban J connectivity index is 2.87. The number of hydrogen-bond donors (Lipinski definition) is 2. The third-order valence-electron chi connectivity index (χ3n) is 1.54. The first kappa shape index (κ1) is 9.32. The van der Waals surface area contributed by atoms with Gasteiger partial charge >= 0.3 is 0 Å². The van der Waals surface area contributed by atoms with E-state index < -0.39 is 0 Å². The van der Waals surface area contributed by atoms with Gasteiger partial charge in [0.05, 0.1) is 6.04 Å². The van der Waals surface area contributed by atoms with Crippen molar-refractivity contribution in [1.82, 2.24) is 5.43 Å². The standard InChI is InChI=1S/C8H11ClN2O/c1-5(2)8(11-10)6-3-4-7(9)12-6/h3-4,8,11H,1,10H2,2H3. The van der Waals surface area contributed by atoms with Gasteiger partial charge in [0.2, 0.25) is 0 Å². The predicted molar refractivity (Wildman–Crippen MR) is 48.6 cm³/mol. The van der Waals surface area contributed by atoms with Crippen molar-refractivity contribution < 1.29 is 4.42 Å². The summed E-state index contributed by atoms with van der Waals surface area (Å²) in [5.41, 5.74) is 3.46. The smallest absolute Gasteiger partial charge is 0.193 e. The van der Waals surface area contributed by atoms with Crippen molar-refractivity contribution in [2.45, 2.75) is 13.0 Å². The van der Waals surface area contributed by atoms with E-state index in [9.17, 15) is 0 Å². The monoisotopic (exact) mass is 186 g/mol. The average Bonchev–Trinajstić information content (AvgIpc) is 2.37. The minimum atomic E-state index is -0.169. The summed E-state index contributed by atoms with van der Waals surface area (Å²) < 4.78 is 5.16. The molecule has 0 aliphatic rings. The minimum absolute atomic E-state index is 0.169. The third kappa shape index (κ3) is 1.88. The van der Waals surface area contributed by atoms with Crippen LogP contribution < -0.4 is 11.3 Å². The van der Waals surface area contributed by atoms with Crippen molar-refractivity contribution in [3.05, 3.63) is 35.3 Å². The van der Waals surface area contributed by atoms with E-state index in [2.05, 4.69) is 12.0 Å². The Hall–Kier alpha value is -0.770. The van der Waals surface area contributed by atoms with Crippen LogP contribution in [-0.4, -0.2) is 0 Å². The number of hydrogen-bond acceptors (Lipinski definition) is 3. The van der Waals surface area contributed by atoms with Gasteiger partial charge in [0.1, 0.15) is 5.76 Å². The maximum Gasteiger partial charge on any atom is 0.193 e. The molecule has 0 amide bonds. The molecule has 3 N–H and O–H groups in total. The van der Waals surface area contributed by atoms with Gasteiger partial charge in [-0.1, -0.05) is 12.2 Å². The highest BCUT2D eigenvalue weighted by molar-refractivity contribution is 6.28. The Morgan fingerprint density at radius 1 is 1.75 bits per heavy atom. The van der Waals surface area contributed by atoms with Gasteiger partial charge in [0, 0.05) is 0 Å². The predicted octanol–water partition coefficient (Wildman–Crippen LogP) is 2.01. The highest BCUT2D eigenvalue weighted by atomic mass is 35.5. The molecule has 1 unspecified atom stereocenters. The summed E-state index contributed by atoms with van der Waals surface area (Å²) in [5.74, 6) is 5.98. The molecule has 0 aromatic carbocycles. The summed E-state index contributed by atoms with van der Waals surface area (Å²) in [6.45, 7) is 5.63. The molecule has 3 nitrogen and oxygen atoms in total. The largest absolute Gasteiger partial charge is 0.448 e. The molecule has 4 heteroatoms. The van der Waals surface area contributed by atoms with Crippen molar-refractivity contribution in [3.8, 4) is 0 Å². The first-order valence-electron chi connectivity index (χ1n) is 3.52. The average molecular weight is 187 g/mol. The zero-order valence-corrected chi connectivity index (χ0v) is 7.56. The molecule has 0 spiro atoms. The van der Waals surface area contributed by atoms with Crippen LogP contribution in [0.4, 0.5) is 0 Å². The second-order valence-corrected chi connectivity index (χ2v) is 2.96. The van der Waals surface area contributed by atoms with E-state index in [0.29, 0.717) is 11.0 Å². The van der Waals surface area contributed by atoms with Crippen LogP contribution in [0.5, 0.6) is 0 Å². The van der Waals surface area contributed by atoms with Crippen molar-refractivity contribution in [2.24, 2.45) is 5.84 Å². The lowest BCUT2D eigenvalue weighted by molar-refractivity contribution is 0.450. The van der Waals surface area contributed by atoms with Crippen LogP contribution in [0.25, 0.3) is 0 Å². The Morgan fingerprint density at radius 3 is 2.75 bits per heavy atom. The lowest BCUT2D eigenvalue weighted by Crippen LogP contribution is -2.28. The van der Waals surface area contributed by atoms with E-state index >= 15 is 0 Å². The van der Waals surface area contributed by atoms with E-state index in [1.807, 2.05) is 6.92 Å². The van der Waals surface area contributed by atoms with Crippen LogP contribution in [-0.2, 0) is 0 Å². The normalized spacial score (nSPS) is 12.9. The number of halogens is 1. The Labute approximate surface area is 76.2 Å². The van der Waals surface area contributed by atoms with E-state index in [1.165, 1.54) is 0 Å². The molecule has 0 saturated carbocycles. The van der Waals surface area contributed by atoms with Gasteiger partial charge in [-0.25, -0.2) is 5.43 Å². The molecule has 1 rings (SSSR count). The zero-order valence-electron chi connectivity index (χ0n) is 6.80. The minimum Gasteiger partial charge on any atom is -0.448 e. The summed E-state index contributed by atoms with van der Waals surface area (Å²) in [6.07, 6.45) is 0. The van der Waals surface area contributed by atoms with Gasteiger partial charge in [0.25, 0.3) is 0 Å². The molecular formula is C8H11ClN2O. The summed E-state index contributed by atoms with van der Waals surface area (Å²) in [7, 11) is 0. The topological polar surface area (TPSA) is 51.2 Å². The van der Waals surface area contributed by atoms with Gasteiger partial charge in [0.15, 0.2) is 5.22 Å². The summed E-state index contributed by atoms with van der Waals surface area (Å²) in [5, 5.41) is 0.353. The number of furan rings is 1. The molecule has 0 radical (unpaired) electrons. The molecule has 0 aliphatic heterocycles. The SMILES string of the molecule is C=C(C)C(NN)c1ccc(Cl)o1. The van der Waals surface area contributed by atoms with E-state index in [0.717, 1.165) is 5.57 Å². The third-order valence-corrected chi connectivity index (χ3v) is 1.74. The van der Waals surface area contributed by atoms with Crippen LogP contribution in [0.15, 0.2) is 28.7 Å². The lowest BCUT2D eigenvalue weighted by atomic mass is 10.1. The van der Waals surface area contributed by atoms with Gasteiger partial charge in [-0.2, -0.15) is 0 Å². The Morgan fingerprint density at radius 2 is 2.42 bits per heavy atom. The van der Waals surface area contributed by atoms with Crippen LogP contribution in [0.3, 0.4) is 0 Å². The van der Waals surface area contributed by atoms with Crippen molar-refractivity contribution in [3.63, 3.8) is 0 Å². The van der Waals surface area contributed by atoms with Gasteiger partial charge in [-0.15, -0.1) is 0 Å². The maximum atomic E-state index is 5.60. The fourth-order valence-corrected chi connectivity index (χ4v) is 1.10. The second-order valence-electron chi connectivity index (χ2n) is 2.59. The highest BCUT2D eigenvalue weighted by Gasteiger charge is 2.13. The molecule has 1 aromatic heterocycles. The van der Waals surface area contributed by atoms with Crippen molar-refractivity contribution >= 4 is 11.6 Å². The zero-order chi connectivity index (χ0) is 9.14. The number of nitrogens with two attached hydrogens (primary N) is 1. The fraction of sp³-hybridized carbons (Fsp3) is 0.250. The molecule has 1 atom stereocenters. The molecule has 0 saturated heterocycles. The molecule has 0 bridgehead atoms. The summed E-state index contributed by atoms with van der Waals surface area (Å²) in [6, 6.07) is 3.27. The van der Waals surface area contributed by atoms with E-state index in [4.69, 9.17) is 21.9 Å². The van der Waals surface area contributed by atoms with Crippen molar-refractivity contribution in [2.75, 3.05) is 0 Å². The quantitative estimate of drug-likeness (QED) is 0.432. The Kier molecular flexibility index (Phi) is 2.92. The number of rotatable bonds is 3. The maximum absolute atomic E-state index is 5.60. The van der Waals surface area contributed by atoms with Crippen LogP contribution in [0.2, 0.25) is 5.22 Å². The fourth-order valence-electron chi connectivity index (χ4n) is 0.951. The molecule has 0 aliphatic carbocycles. The molecule has 0 fully saturated rings. The molecule has 66 valence electrons. The molecule has 12 heavy (non-hydrogen) atoms. The molecule has 1 aromatic rings. The summed E-state index contributed by atoms with van der Waals surface area (Å²) in [4.78, 5) is 0. The molecular weight excluding hydrogens is 176 g/mol. The Bertz CT molecular complexity index is 282. The van der Waals surface area contributed by atoms with Gasteiger partial charge in [-0.05, 0) is 30.7 Å². The lowest BCUT2D eigenvalue weighted by Gasteiger charge is -2.11. The number of nitrogens with one attached hydrogen (secondary N) is 1. The molecule has 1 heterocycles. The highest BCUT2D eigenvalue weighted by Crippen LogP contribution is 2.23. The first-order chi connectivity index (χ1) is 5.65. The van der Waals surface area contributed by atoms with E-state index in [-0.39, 0.29) is 6.04 Å². The second kappa shape index (κ2) is 3.76. The van der Waals surface area contributed by atoms with Crippen molar-refractivity contribution in [1.29, 1.82) is 0 Å². The van der Waals surface area contributed by atoms with Gasteiger partial charge in [-0.3, -0.25) is 5.84 Å².